The third-order valence-electron chi connectivity index (χ3n) is 4.89. The molecule has 1 fully saturated rings. The number of ether oxygens (including phenoxy) is 1. The summed E-state index contributed by atoms with van der Waals surface area (Å²) in [6.45, 7) is 6.39. The average Bonchev–Trinajstić information content (AvgIpc) is 3.10. The largest absolute Gasteiger partial charge is 0.444 e. The molecular weight excluding hydrogens is 418 g/mol. The lowest BCUT2D eigenvalue weighted by atomic mass is 10.1. The van der Waals surface area contributed by atoms with Crippen LogP contribution in [0.3, 0.4) is 0 Å². The maximum atomic E-state index is 13.0. The van der Waals surface area contributed by atoms with Gasteiger partial charge >= 0.3 is 6.09 Å². The molecule has 1 aromatic carbocycles. The Labute approximate surface area is 180 Å². The van der Waals surface area contributed by atoms with Crippen LogP contribution >= 0.6 is 0 Å². The highest BCUT2D eigenvalue weighted by atomic mass is 32.2. The van der Waals surface area contributed by atoms with Crippen LogP contribution < -0.4 is 11.1 Å². The van der Waals surface area contributed by atoms with E-state index < -0.39 is 15.6 Å². The van der Waals surface area contributed by atoms with Crippen molar-refractivity contribution >= 4 is 38.5 Å². The summed E-state index contributed by atoms with van der Waals surface area (Å²) in [6, 6.07) is 9.82. The average molecular weight is 444 g/mol. The van der Waals surface area contributed by atoms with Gasteiger partial charge in [0.2, 0.25) is 0 Å². The second-order valence-electron chi connectivity index (χ2n) is 8.48. The number of fused-ring (bicyclic) bond motifs is 1. The summed E-state index contributed by atoms with van der Waals surface area (Å²) in [5.74, 6) is 0. The minimum Gasteiger partial charge on any atom is -0.444 e. The van der Waals surface area contributed by atoms with Crippen molar-refractivity contribution in [3.8, 4) is 0 Å². The molecule has 2 aromatic heterocycles. The summed E-state index contributed by atoms with van der Waals surface area (Å²) >= 11 is 0. The first kappa shape index (κ1) is 21.0. The Morgan fingerprint density at radius 3 is 2.52 bits per heavy atom. The number of nitrogens with two attached hydrogens (primary N) is 1. The van der Waals surface area contributed by atoms with Gasteiger partial charge in [-0.25, -0.2) is 22.2 Å². The highest BCUT2D eigenvalue weighted by Crippen LogP contribution is 2.32. The SMILES string of the molecule is CC(C)(C)OC(=O)N1CC(Nc2c(N)cnc3c2ccn3S(=O)(=O)c2ccccc2)C1. The van der Waals surface area contributed by atoms with Crippen molar-refractivity contribution in [1.29, 1.82) is 0 Å². The van der Waals surface area contributed by atoms with Crippen LogP contribution in [0.1, 0.15) is 20.8 Å². The summed E-state index contributed by atoms with van der Waals surface area (Å²) < 4.78 is 32.6. The van der Waals surface area contributed by atoms with E-state index in [2.05, 4.69) is 10.3 Å². The Kier molecular flexibility index (Phi) is 5.04. The molecule has 1 aliphatic heterocycles. The highest BCUT2D eigenvalue weighted by molar-refractivity contribution is 7.90. The zero-order valence-electron chi connectivity index (χ0n) is 17.6. The van der Waals surface area contributed by atoms with E-state index in [1.165, 1.54) is 24.5 Å². The first-order chi connectivity index (χ1) is 14.6. The van der Waals surface area contributed by atoms with Crippen LogP contribution in [0.25, 0.3) is 11.0 Å². The number of likely N-dealkylation sites (tertiary alicyclic amines) is 1. The van der Waals surface area contributed by atoms with E-state index >= 15 is 0 Å². The molecule has 164 valence electrons. The number of amides is 1. The van der Waals surface area contributed by atoms with Crippen LogP contribution in [0, 0.1) is 0 Å². The molecule has 1 aliphatic rings. The van der Waals surface area contributed by atoms with Crippen molar-refractivity contribution in [2.45, 2.75) is 37.3 Å². The van der Waals surface area contributed by atoms with Gasteiger partial charge in [-0.3, -0.25) is 0 Å². The minimum atomic E-state index is -3.79. The van der Waals surface area contributed by atoms with Gasteiger partial charge in [-0.15, -0.1) is 0 Å². The third-order valence-corrected chi connectivity index (χ3v) is 6.57. The number of nitrogen functional groups attached to an aromatic ring is 1. The Hall–Kier alpha value is -3.27. The highest BCUT2D eigenvalue weighted by Gasteiger charge is 2.34. The monoisotopic (exact) mass is 443 g/mol. The first-order valence-corrected chi connectivity index (χ1v) is 11.3. The van der Waals surface area contributed by atoms with E-state index in [1.54, 1.807) is 29.2 Å². The van der Waals surface area contributed by atoms with Gasteiger partial charge in [-0.1, -0.05) is 18.2 Å². The Bertz CT molecular complexity index is 1230. The van der Waals surface area contributed by atoms with E-state index in [1.807, 2.05) is 20.8 Å². The van der Waals surface area contributed by atoms with Crippen LogP contribution in [-0.2, 0) is 14.8 Å². The molecule has 1 amide bonds. The van der Waals surface area contributed by atoms with Crippen molar-refractivity contribution in [1.82, 2.24) is 13.9 Å². The molecule has 0 saturated carbocycles. The molecule has 0 atom stereocenters. The maximum Gasteiger partial charge on any atom is 0.410 e. The fraction of sp³-hybridized carbons (Fsp3) is 0.333. The standard InChI is InChI=1S/C21H25N5O4S/c1-21(2,3)30-20(27)25-12-14(13-25)24-18-16-9-10-26(19(16)23-11-17(18)22)31(28,29)15-7-5-4-6-8-15/h4-11,14H,12-13,22H2,1-3H3,(H,23,24). The molecule has 0 bridgehead atoms. The fourth-order valence-electron chi connectivity index (χ4n) is 3.39. The molecule has 0 aliphatic carbocycles. The molecular formula is C21H25N5O4S. The Morgan fingerprint density at radius 2 is 1.87 bits per heavy atom. The van der Waals surface area contributed by atoms with Crippen molar-refractivity contribution in [3.63, 3.8) is 0 Å². The van der Waals surface area contributed by atoms with Gasteiger partial charge in [0.25, 0.3) is 10.0 Å². The van der Waals surface area contributed by atoms with Gasteiger partial charge in [0.1, 0.15) is 5.60 Å². The number of hydrogen-bond acceptors (Lipinski definition) is 7. The summed E-state index contributed by atoms with van der Waals surface area (Å²) in [7, 11) is -3.79. The summed E-state index contributed by atoms with van der Waals surface area (Å²) in [5, 5.41) is 3.91. The van der Waals surface area contributed by atoms with Gasteiger partial charge < -0.3 is 20.7 Å². The number of carbonyl (C=O) groups excluding carboxylic acids is 1. The summed E-state index contributed by atoms with van der Waals surface area (Å²) in [4.78, 5) is 18.2. The van der Waals surface area contributed by atoms with Crippen molar-refractivity contribution in [3.05, 3.63) is 48.8 Å². The molecule has 0 unspecified atom stereocenters. The molecule has 0 radical (unpaired) electrons. The molecule has 3 heterocycles. The molecule has 31 heavy (non-hydrogen) atoms. The van der Waals surface area contributed by atoms with Crippen LogP contribution in [0.15, 0.2) is 53.7 Å². The maximum absolute atomic E-state index is 13.0. The van der Waals surface area contributed by atoms with Crippen LogP contribution in [0.4, 0.5) is 16.2 Å². The van der Waals surface area contributed by atoms with Crippen LogP contribution in [-0.4, -0.2) is 53.1 Å². The van der Waals surface area contributed by atoms with Gasteiger partial charge in [-0.2, -0.15) is 0 Å². The van der Waals surface area contributed by atoms with Gasteiger partial charge in [0, 0.05) is 24.7 Å². The van der Waals surface area contributed by atoms with Gasteiger partial charge in [0.15, 0.2) is 5.65 Å². The molecule has 3 aromatic rings. The second-order valence-corrected chi connectivity index (χ2v) is 10.3. The van der Waals surface area contributed by atoms with E-state index in [-0.39, 0.29) is 22.7 Å². The number of aromatic nitrogens is 2. The second kappa shape index (κ2) is 7.45. The topological polar surface area (TPSA) is 120 Å². The van der Waals surface area contributed by atoms with Crippen LogP contribution in [0.2, 0.25) is 0 Å². The lowest BCUT2D eigenvalue weighted by Gasteiger charge is -2.40. The number of hydrogen-bond donors (Lipinski definition) is 2. The van der Waals surface area contributed by atoms with E-state index in [4.69, 9.17) is 10.5 Å². The molecule has 1 saturated heterocycles. The number of rotatable bonds is 4. The number of carbonyl (C=O) groups is 1. The van der Waals surface area contributed by atoms with Gasteiger partial charge in [-0.05, 0) is 39.0 Å². The number of nitrogens with zero attached hydrogens (tertiary/aromatic N) is 3. The molecule has 4 rings (SSSR count). The number of pyridine rings is 1. The zero-order valence-corrected chi connectivity index (χ0v) is 18.4. The number of benzene rings is 1. The molecule has 10 heteroatoms. The quantitative estimate of drug-likeness (QED) is 0.636. The van der Waals surface area contributed by atoms with Crippen LogP contribution in [0.5, 0.6) is 0 Å². The van der Waals surface area contributed by atoms with Crippen molar-refractivity contribution < 1.29 is 17.9 Å². The third kappa shape index (κ3) is 4.02. The minimum absolute atomic E-state index is 0.0329. The lowest BCUT2D eigenvalue weighted by Crippen LogP contribution is -2.58. The summed E-state index contributed by atoms with van der Waals surface area (Å²) in [5.41, 5.74) is 6.86. The normalized spacial score (nSPS) is 15.0. The predicted molar refractivity (Wildman–Crippen MR) is 118 cm³/mol. The van der Waals surface area contributed by atoms with E-state index in [9.17, 15) is 13.2 Å². The van der Waals surface area contributed by atoms with Gasteiger partial charge in [0.05, 0.1) is 28.5 Å². The number of nitrogens with one attached hydrogen (secondary N) is 1. The first-order valence-electron chi connectivity index (χ1n) is 9.87. The van der Waals surface area contributed by atoms with E-state index in [0.29, 0.717) is 29.9 Å². The molecule has 0 spiro atoms. The zero-order chi connectivity index (χ0) is 22.4. The lowest BCUT2D eigenvalue weighted by molar-refractivity contribution is 0.0105. The van der Waals surface area contributed by atoms with Crippen molar-refractivity contribution in [2.75, 3.05) is 24.1 Å². The number of anilines is 2. The smallest absolute Gasteiger partial charge is 0.410 e. The molecule has 9 nitrogen and oxygen atoms in total. The predicted octanol–water partition coefficient (Wildman–Crippen LogP) is 2.89. The Balaban J connectivity index is 1.57. The van der Waals surface area contributed by atoms with Crippen molar-refractivity contribution in [2.24, 2.45) is 0 Å². The molecule has 3 N–H and O–H groups in total. The summed E-state index contributed by atoms with van der Waals surface area (Å²) in [6.07, 6.45) is 2.54. The Morgan fingerprint density at radius 1 is 1.19 bits per heavy atom. The fourth-order valence-corrected chi connectivity index (χ4v) is 4.71. The van der Waals surface area contributed by atoms with E-state index in [0.717, 1.165) is 3.97 Å².